The Morgan fingerprint density at radius 3 is 2.64 bits per heavy atom. The average molecular weight is 425 g/mol. The number of anilines is 1. The quantitative estimate of drug-likeness (QED) is 0.712. The van der Waals surface area contributed by atoms with Gasteiger partial charge in [-0.2, -0.15) is 0 Å². The summed E-state index contributed by atoms with van der Waals surface area (Å²) in [4.78, 5) is 12.5. The van der Waals surface area contributed by atoms with Gasteiger partial charge in [-0.25, -0.2) is 13.1 Å². The molecular formula is C19H21ClN2O5S. The fraction of sp³-hybridized carbons (Fsp3) is 0.316. The van der Waals surface area contributed by atoms with Crippen molar-refractivity contribution in [2.75, 3.05) is 25.6 Å². The molecule has 1 fully saturated rings. The third-order valence-corrected chi connectivity index (χ3v) is 6.04. The van der Waals surface area contributed by atoms with Crippen molar-refractivity contribution in [3.8, 4) is 5.75 Å². The summed E-state index contributed by atoms with van der Waals surface area (Å²) in [6.07, 6.45) is 1.69. The van der Waals surface area contributed by atoms with E-state index in [0.717, 1.165) is 12.8 Å². The lowest BCUT2D eigenvalue weighted by Gasteiger charge is -2.12. The highest BCUT2D eigenvalue weighted by molar-refractivity contribution is 7.89. The molecule has 1 heterocycles. The molecule has 2 aromatic carbocycles. The number of sulfonamides is 1. The van der Waals surface area contributed by atoms with E-state index in [2.05, 4.69) is 10.0 Å². The van der Waals surface area contributed by atoms with Crippen LogP contribution in [0.25, 0.3) is 0 Å². The van der Waals surface area contributed by atoms with Crippen LogP contribution in [0.3, 0.4) is 0 Å². The molecule has 150 valence electrons. The molecule has 0 unspecified atom stereocenters. The Morgan fingerprint density at radius 2 is 2.00 bits per heavy atom. The first-order chi connectivity index (χ1) is 13.4. The van der Waals surface area contributed by atoms with Gasteiger partial charge in [-0.3, -0.25) is 4.79 Å². The topological polar surface area (TPSA) is 93.7 Å². The zero-order valence-electron chi connectivity index (χ0n) is 15.3. The van der Waals surface area contributed by atoms with Gasteiger partial charge in [-0.1, -0.05) is 11.6 Å². The van der Waals surface area contributed by atoms with Gasteiger partial charge in [-0.05, 0) is 55.3 Å². The van der Waals surface area contributed by atoms with Crippen molar-refractivity contribution in [2.24, 2.45) is 0 Å². The molecule has 1 aliphatic heterocycles. The Kier molecular flexibility index (Phi) is 6.56. The van der Waals surface area contributed by atoms with Crippen LogP contribution in [0.15, 0.2) is 47.4 Å². The molecule has 1 saturated heterocycles. The number of nitrogens with one attached hydrogen (secondary N) is 2. The van der Waals surface area contributed by atoms with Crippen molar-refractivity contribution < 1.29 is 22.7 Å². The molecule has 0 bridgehead atoms. The van der Waals surface area contributed by atoms with Crippen LogP contribution >= 0.6 is 11.6 Å². The number of amides is 1. The first-order valence-electron chi connectivity index (χ1n) is 8.75. The minimum absolute atomic E-state index is 0.0855. The third kappa shape index (κ3) is 5.02. The minimum atomic E-state index is -3.66. The molecule has 0 aromatic heterocycles. The zero-order chi connectivity index (χ0) is 20.1. The lowest BCUT2D eigenvalue weighted by molar-refractivity contribution is 0.102. The number of halogens is 1. The second-order valence-corrected chi connectivity index (χ2v) is 8.51. The maximum absolute atomic E-state index is 12.5. The standard InChI is InChI=1S/C19H21ClN2O5S/c1-26-18-9-6-14(20)11-17(18)22-19(23)13-4-7-16(8-5-13)28(24,25)21-12-15-3-2-10-27-15/h4-9,11,15,21H,2-3,10,12H2,1H3,(H,22,23)/t15-/m0/s1. The van der Waals surface area contributed by atoms with Crippen molar-refractivity contribution >= 4 is 33.2 Å². The van der Waals surface area contributed by atoms with Crippen LogP contribution in [0.2, 0.25) is 5.02 Å². The molecule has 2 aromatic rings. The lowest BCUT2D eigenvalue weighted by Crippen LogP contribution is -2.31. The van der Waals surface area contributed by atoms with Gasteiger partial charge in [-0.15, -0.1) is 0 Å². The predicted octanol–water partition coefficient (Wildman–Crippen LogP) is 3.06. The fourth-order valence-corrected chi connectivity index (χ4v) is 4.09. The Balaban J connectivity index is 1.68. The minimum Gasteiger partial charge on any atom is -0.495 e. The van der Waals surface area contributed by atoms with Crippen LogP contribution in [-0.2, 0) is 14.8 Å². The Labute approximate surface area is 169 Å². The molecule has 9 heteroatoms. The second kappa shape index (κ2) is 8.91. The number of hydrogen-bond acceptors (Lipinski definition) is 5. The Hall–Kier alpha value is -2.13. The summed E-state index contributed by atoms with van der Waals surface area (Å²) in [6.45, 7) is 0.896. The number of rotatable bonds is 7. The van der Waals surface area contributed by atoms with Crippen molar-refractivity contribution in [1.29, 1.82) is 0 Å². The van der Waals surface area contributed by atoms with E-state index in [1.807, 2.05) is 0 Å². The maximum Gasteiger partial charge on any atom is 0.255 e. The SMILES string of the molecule is COc1ccc(Cl)cc1NC(=O)c1ccc(S(=O)(=O)NC[C@@H]2CCCO2)cc1. The zero-order valence-corrected chi connectivity index (χ0v) is 16.8. The Bertz CT molecular complexity index is 941. The van der Waals surface area contributed by atoms with Gasteiger partial charge >= 0.3 is 0 Å². The lowest BCUT2D eigenvalue weighted by atomic mass is 10.2. The van der Waals surface area contributed by atoms with E-state index in [-0.39, 0.29) is 17.5 Å². The molecular weight excluding hydrogens is 404 g/mol. The van der Waals surface area contributed by atoms with Crippen LogP contribution in [-0.4, -0.2) is 40.7 Å². The summed E-state index contributed by atoms with van der Waals surface area (Å²) in [7, 11) is -2.18. The van der Waals surface area contributed by atoms with Crippen LogP contribution in [0.4, 0.5) is 5.69 Å². The number of benzene rings is 2. The molecule has 0 radical (unpaired) electrons. The average Bonchev–Trinajstić information content (AvgIpc) is 3.20. The van der Waals surface area contributed by atoms with E-state index in [0.29, 0.717) is 28.6 Å². The largest absolute Gasteiger partial charge is 0.495 e. The molecule has 1 amide bonds. The normalized spacial score (nSPS) is 16.7. The van der Waals surface area contributed by atoms with Gasteiger partial charge in [0, 0.05) is 23.7 Å². The molecule has 1 atom stereocenters. The van der Waals surface area contributed by atoms with Crippen molar-refractivity contribution in [3.63, 3.8) is 0 Å². The molecule has 0 spiro atoms. The summed E-state index contributed by atoms with van der Waals surface area (Å²) in [5, 5.41) is 3.16. The highest BCUT2D eigenvalue weighted by Gasteiger charge is 2.20. The number of carbonyl (C=O) groups is 1. The third-order valence-electron chi connectivity index (χ3n) is 4.36. The van der Waals surface area contributed by atoms with Gasteiger partial charge in [0.15, 0.2) is 0 Å². The van der Waals surface area contributed by atoms with E-state index in [1.54, 1.807) is 18.2 Å². The summed E-state index contributed by atoms with van der Waals surface area (Å²) >= 11 is 5.96. The smallest absolute Gasteiger partial charge is 0.255 e. The van der Waals surface area contributed by atoms with Gasteiger partial charge in [0.2, 0.25) is 10.0 Å². The van der Waals surface area contributed by atoms with Gasteiger partial charge in [0.25, 0.3) is 5.91 Å². The van der Waals surface area contributed by atoms with Crippen LogP contribution in [0.5, 0.6) is 5.75 Å². The molecule has 0 saturated carbocycles. The molecule has 1 aliphatic rings. The van der Waals surface area contributed by atoms with Gasteiger partial charge in [0.1, 0.15) is 5.75 Å². The number of ether oxygens (including phenoxy) is 2. The predicted molar refractivity (Wildman–Crippen MR) is 107 cm³/mol. The van der Waals surface area contributed by atoms with Crippen LogP contribution < -0.4 is 14.8 Å². The molecule has 28 heavy (non-hydrogen) atoms. The van der Waals surface area contributed by atoms with E-state index >= 15 is 0 Å². The molecule has 2 N–H and O–H groups in total. The molecule has 0 aliphatic carbocycles. The number of carbonyl (C=O) groups excluding carboxylic acids is 1. The van der Waals surface area contributed by atoms with Gasteiger partial charge in [0.05, 0.1) is 23.8 Å². The fourth-order valence-electron chi connectivity index (χ4n) is 2.85. The summed E-state index contributed by atoms with van der Waals surface area (Å²) < 4.78 is 37.9. The van der Waals surface area contributed by atoms with E-state index in [9.17, 15) is 13.2 Å². The van der Waals surface area contributed by atoms with Crippen molar-refractivity contribution in [2.45, 2.75) is 23.8 Å². The number of methoxy groups -OCH3 is 1. The maximum atomic E-state index is 12.5. The highest BCUT2D eigenvalue weighted by atomic mass is 35.5. The Morgan fingerprint density at radius 1 is 1.25 bits per heavy atom. The van der Waals surface area contributed by atoms with E-state index in [1.165, 1.54) is 31.4 Å². The highest BCUT2D eigenvalue weighted by Crippen LogP contribution is 2.28. The summed E-state index contributed by atoms with van der Waals surface area (Å²) in [6, 6.07) is 10.6. The van der Waals surface area contributed by atoms with Crippen molar-refractivity contribution in [1.82, 2.24) is 4.72 Å². The van der Waals surface area contributed by atoms with Gasteiger partial charge < -0.3 is 14.8 Å². The first-order valence-corrected chi connectivity index (χ1v) is 10.6. The van der Waals surface area contributed by atoms with E-state index < -0.39 is 15.9 Å². The van der Waals surface area contributed by atoms with Crippen LogP contribution in [0, 0.1) is 0 Å². The molecule has 3 rings (SSSR count). The number of hydrogen-bond donors (Lipinski definition) is 2. The van der Waals surface area contributed by atoms with E-state index in [4.69, 9.17) is 21.1 Å². The van der Waals surface area contributed by atoms with Crippen LogP contribution in [0.1, 0.15) is 23.2 Å². The molecule has 7 nitrogen and oxygen atoms in total. The monoisotopic (exact) mass is 424 g/mol. The summed E-state index contributed by atoms with van der Waals surface area (Å²) in [5.41, 5.74) is 0.732. The first kappa shape index (κ1) is 20.6. The van der Waals surface area contributed by atoms with Crippen molar-refractivity contribution in [3.05, 3.63) is 53.1 Å². The summed E-state index contributed by atoms with van der Waals surface area (Å²) in [5.74, 6) is 0.0621. The second-order valence-electron chi connectivity index (χ2n) is 6.31.